The first kappa shape index (κ1) is 13.1. The van der Waals surface area contributed by atoms with Crippen molar-refractivity contribution in [1.82, 2.24) is 4.90 Å². The van der Waals surface area contributed by atoms with Gasteiger partial charge in [0.1, 0.15) is 0 Å². The van der Waals surface area contributed by atoms with Crippen molar-refractivity contribution < 1.29 is 4.79 Å². The van der Waals surface area contributed by atoms with Crippen molar-refractivity contribution in [2.45, 2.75) is 52.1 Å². The maximum absolute atomic E-state index is 12.2. The van der Waals surface area contributed by atoms with Gasteiger partial charge >= 0.3 is 0 Å². The van der Waals surface area contributed by atoms with Gasteiger partial charge in [-0.2, -0.15) is 0 Å². The van der Waals surface area contributed by atoms with Crippen molar-refractivity contribution in [3.63, 3.8) is 0 Å². The SMILES string of the molecule is CCCC(=O)N(Cc1ccccc1)C(C)C1CC1. The molecular formula is C16H23NO. The van der Waals surface area contributed by atoms with Crippen LogP contribution in [0.5, 0.6) is 0 Å². The lowest BCUT2D eigenvalue weighted by molar-refractivity contribution is -0.134. The number of carbonyl (C=O) groups is 1. The molecule has 98 valence electrons. The third kappa shape index (κ3) is 3.34. The van der Waals surface area contributed by atoms with Crippen molar-refractivity contribution in [3.8, 4) is 0 Å². The fraction of sp³-hybridized carbons (Fsp3) is 0.562. The van der Waals surface area contributed by atoms with E-state index < -0.39 is 0 Å². The van der Waals surface area contributed by atoms with E-state index in [9.17, 15) is 4.79 Å². The van der Waals surface area contributed by atoms with Crippen LogP contribution in [0.15, 0.2) is 30.3 Å². The molecule has 1 unspecified atom stereocenters. The minimum Gasteiger partial charge on any atom is -0.335 e. The van der Waals surface area contributed by atoms with Crippen LogP contribution in [0.1, 0.15) is 45.1 Å². The van der Waals surface area contributed by atoms with Crippen LogP contribution in [0.3, 0.4) is 0 Å². The molecule has 1 aromatic rings. The largest absolute Gasteiger partial charge is 0.335 e. The van der Waals surface area contributed by atoms with Gasteiger partial charge in [-0.15, -0.1) is 0 Å². The lowest BCUT2D eigenvalue weighted by Gasteiger charge is -2.29. The molecule has 1 amide bonds. The molecule has 2 rings (SSSR count). The van der Waals surface area contributed by atoms with Gasteiger partial charge in [0.2, 0.25) is 5.91 Å². The summed E-state index contributed by atoms with van der Waals surface area (Å²) in [5.74, 6) is 1.04. The van der Waals surface area contributed by atoms with Crippen molar-refractivity contribution in [3.05, 3.63) is 35.9 Å². The summed E-state index contributed by atoms with van der Waals surface area (Å²) >= 11 is 0. The monoisotopic (exact) mass is 245 g/mol. The molecule has 2 heteroatoms. The summed E-state index contributed by atoms with van der Waals surface area (Å²) in [6.07, 6.45) is 4.17. The molecule has 1 saturated carbocycles. The summed E-state index contributed by atoms with van der Waals surface area (Å²) in [5.41, 5.74) is 1.23. The average Bonchev–Trinajstić information content (AvgIpc) is 3.21. The maximum Gasteiger partial charge on any atom is 0.223 e. The Labute approximate surface area is 110 Å². The molecule has 0 radical (unpaired) electrons. The van der Waals surface area contributed by atoms with E-state index in [1.165, 1.54) is 18.4 Å². The Morgan fingerprint density at radius 2 is 2.00 bits per heavy atom. The van der Waals surface area contributed by atoms with Crippen LogP contribution >= 0.6 is 0 Å². The Morgan fingerprint density at radius 1 is 1.33 bits per heavy atom. The summed E-state index contributed by atoms with van der Waals surface area (Å²) < 4.78 is 0. The minimum absolute atomic E-state index is 0.306. The van der Waals surface area contributed by atoms with E-state index in [0.29, 0.717) is 18.4 Å². The lowest BCUT2D eigenvalue weighted by Crippen LogP contribution is -2.39. The van der Waals surface area contributed by atoms with E-state index in [4.69, 9.17) is 0 Å². The number of hydrogen-bond donors (Lipinski definition) is 0. The number of nitrogens with zero attached hydrogens (tertiary/aromatic N) is 1. The normalized spacial score (nSPS) is 16.3. The van der Waals surface area contributed by atoms with Crippen molar-refractivity contribution >= 4 is 5.91 Å². The number of carbonyl (C=O) groups excluding carboxylic acids is 1. The van der Waals surface area contributed by atoms with E-state index in [2.05, 4.69) is 30.9 Å². The fourth-order valence-corrected chi connectivity index (χ4v) is 2.43. The van der Waals surface area contributed by atoms with Crippen LogP contribution in [-0.2, 0) is 11.3 Å². The summed E-state index contributed by atoms with van der Waals surface area (Å²) in [6.45, 7) is 5.03. The molecule has 0 saturated heterocycles. The third-order valence-corrected chi connectivity index (χ3v) is 3.78. The molecule has 0 spiro atoms. The van der Waals surface area contributed by atoms with E-state index in [1.54, 1.807) is 0 Å². The number of amides is 1. The minimum atomic E-state index is 0.306. The predicted octanol–water partition coefficient (Wildman–Crippen LogP) is 3.61. The molecule has 0 bridgehead atoms. The Hall–Kier alpha value is -1.31. The zero-order valence-corrected chi connectivity index (χ0v) is 11.4. The van der Waals surface area contributed by atoms with Gasteiger partial charge in [-0.3, -0.25) is 4.79 Å². The molecule has 1 aliphatic carbocycles. The molecule has 2 nitrogen and oxygen atoms in total. The molecule has 1 fully saturated rings. The zero-order valence-electron chi connectivity index (χ0n) is 11.4. The Kier molecular flexibility index (Phi) is 4.40. The van der Waals surface area contributed by atoms with Crippen molar-refractivity contribution in [1.29, 1.82) is 0 Å². The summed E-state index contributed by atoms with van der Waals surface area (Å²) in [6, 6.07) is 10.7. The third-order valence-electron chi connectivity index (χ3n) is 3.78. The molecule has 1 atom stereocenters. The number of hydrogen-bond acceptors (Lipinski definition) is 1. The van der Waals surface area contributed by atoms with E-state index in [1.807, 2.05) is 18.2 Å². The maximum atomic E-state index is 12.2. The van der Waals surface area contributed by atoms with Gasteiger partial charge in [0.05, 0.1) is 0 Å². The lowest BCUT2D eigenvalue weighted by atomic mass is 10.1. The highest BCUT2D eigenvalue weighted by Crippen LogP contribution is 2.35. The smallest absolute Gasteiger partial charge is 0.223 e. The van der Waals surface area contributed by atoms with Gasteiger partial charge in [-0.05, 0) is 37.7 Å². The van der Waals surface area contributed by atoms with E-state index >= 15 is 0 Å². The Bertz CT molecular complexity index is 383. The topological polar surface area (TPSA) is 20.3 Å². The second kappa shape index (κ2) is 6.03. The van der Waals surface area contributed by atoms with E-state index in [-0.39, 0.29) is 0 Å². The molecular weight excluding hydrogens is 222 g/mol. The van der Waals surface area contributed by atoms with Gasteiger partial charge < -0.3 is 4.90 Å². The first-order chi connectivity index (χ1) is 8.72. The summed E-state index contributed by atoms with van der Waals surface area (Å²) in [4.78, 5) is 14.3. The number of rotatable bonds is 6. The predicted molar refractivity (Wildman–Crippen MR) is 74.1 cm³/mol. The van der Waals surface area contributed by atoms with Gasteiger partial charge in [0.25, 0.3) is 0 Å². The first-order valence-corrected chi connectivity index (χ1v) is 7.05. The molecule has 18 heavy (non-hydrogen) atoms. The van der Waals surface area contributed by atoms with Crippen LogP contribution < -0.4 is 0 Å². The van der Waals surface area contributed by atoms with Crippen LogP contribution in [0, 0.1) is 5.92 Å². The fourth-order valence-electron chi connectivity index (χ4n) is 2.43. The van der Waals surface area contributed by atoms with Crippen molar-refractivity contribution in [2.75, 3.05) is 0 Å². The standard InChI is InChI=1S/C16H23NO/c1-3-7-16(18)17(13(2)15-10-11-15)12-14-8-5-4-6-9-14/h4-6,8-9,13,15H,3,7,10-12H2,1-2H3. The molecule has 0 N–H and O–H groups in total. The van der Waals surface area contributed by atoms with Gasteiger partial charge in [-0.25, -0.2) is 0 Å². The van der Waals surface area contributed by atoms with Gasteiger partial charge in [0, 0.05) is 19.0 Å². The van der Waals surface area contributed by atoms with E-state index in [0.717, 1.165) is 18.9 Å². The van der Waals surface area contributed by atoms with Crippen LogP contribution in [0.2, 0.25) is 0 Å². The van der Waals surface area contributed by atoms with Crippen LogP contribution in [-0.4, -0.2) is 16.8 Å². The highest BCUT2D eigenvalue weighted by atomic mass is 16.2. The second-order valence-electron chi connectivity index (χ2n) is 5.34. The zero-order chi connectivity index (χ0) is 13.0. The Morgan fingerprint density at radius 3 is 2.56 bits per heavy atom. The highest BCUT2D eigenvalue weighted by molar-refractivity contribution is 5.76. The molecule has 0 heterocycles. The molecule has 0 aliphatic heterocycles. The average molecular weight is 245 g/mol. The summed E-state index contributed by atoms with van der Waals surface area (Å²) in [5, 5.41) is 0. The van der Waals surface area contributed by atoms with Crippen LogP contribution in [0.4, 0.5) is 0 Å². The highest BCUT2D eigenvalue weighted by Gasteiger charge is 2.33. The van der Waals surface area contributed by atoms with Crippen LogP contribution in [0.25, 0.3) is 0 Å². The van der Waals surface area contributed by atoms with Gasteiger partial charge in [0.15, 0.2) is 0 Å². The quantitative estimate of drug-likeness (QED) is 0.749. The summed E-state index contributed by atoms with van der Waals surface area (Å²) in [7, 11) is 0. The molecule has 0 aromatic heterocycles. The molecule has 1 aliphatic rings. The Balaban J connectivity index is 2.06. The van der Waals surface area contributed by atoms with Gasteiger partial charge in [-0.1, -0.05) is 37.3 Å². The number of benzene rings is 1. The second-order valence-corrected chi connectivity index (χ2v) is 5.34. The van der Waals surface area contributed by atoms with Crippen molar-refractivity contribution in [2.24, 2.45) is 5.92 Å². The first-order valence-electron chi connectivity index (χ1n) is 7.05. The molecule has 1 aromatic carbocycles.